The minimum Gasteiger partial charge on any atom is -0.459 e. The van der Waals surface area contributed by atoms with Crippen LogP contribution in [0.3, 0.4) is 0 Å². The van der Waals surface area contributed by atoms with E-state index in [1.165, 1.54) is 12.8 Å². The predicted octanol–water partition coefficient (Wildman–Crippen LogP) is 7.92. The molecule has 8 atom stereocenters. The maximum Gasteiger partial charge on any atom is 0.287 e. The van der Waals surface area contributed by atoms with Crippen LogP contribution in [0.1, 0.15) is 123 Å². The lowest BCUT2D eigenvalue weighted by Crippen LogP contribution is -2.67. The number of aliphatic hydroxyl groups excluding tert-OH is 1. The van der Waals surface area contributed by atoms with Gasteiger partial charge in [-0.1, -0.05) is 60.1 Å². The average Bonchev–Trinajstić information content (AvgIpc) is 3.38. The van der Waals surface area contributed by atoms with Crippen LogP contribution in [0, 0.1) is 44.8 Å². The molecule has 6 rings (SSSR count). The summed E-state index contributed by atoms with van der Waals surface area (Å²) in [6, 6.07) is 3.59. The molecule has 1 aromatic rings. The zero-order valence-corrected chi connectivity index (χ0v) is 25.0. The van der Waals surface area contributed by atoms with E-state index >= 15 is 0 Å². The van der Waals surface area contributed by atoms with E-state index in [0.29, 0.717) is 23.5 Å². The Morgan fingerprint density at radius 2 is 1.68 bits per heavy atom. The van der Waals surface area contributed by atoms with Crippen molar-refractivity contribution in [3.63, 3.8) is 0 Å². The SMILES string of the molecule is CC1(C)CCC2(NC(=O)c3ccco3)CCC3(C)C(=CCC4C5(C)CCC(O)C(C)(C)C5CCC43C)C2C1. The molecule has 5 aliphatic carbocycles. The molecule has 0 radical (unpaired) electrons. The molecule has 1 heterocycles. The van der Waals surface area contributed by atoms with Crippen molar-refractivity contribution in [3.8, 4) is 0 Å². The lowest BCUT2D eigenvalue weighted by atomic mass is 9.34. The van der Waals surface area contributed by atoms with Crippen LogP contribution in [0.5, 0.6) is 0 Å². The van der Waals surface area contributed by atoms with Gasteiger partial charge in [-0.05, 0) is 115 Å². The number of amides is 1. The van der Waals surface area contributed by atoms with Crippen LogP contribution >= 0.6 is 0 Å². The third-order valence-electron chi connectivity index (χ3n) is 13.7. The van der Waals surface area contributed by atoms with Crippen molar-refractivity contribution in [3.05, 3.63) is 35.8 Å². The molecule has 1 aromatic heterocycles. The number of hydrogen-bond donors (Lipinski definition) is 2. The average molecular weight is 522 g/mol. The van der Waals surface area contributed by atoms with Crippen LogP contribution in [0.2, 0.25) is 0 Å². The van der Waals surface area contributed by atoms with Crippen molar-refractivity contribution in [1.82, 2.24) is 5.32 Å². The molecule has 210 valence electrons. The van der Waals surface area contributed by atoms with Crippen molar-refractivity contribution in [2.24, 2.45) is 44.8 Å². The number of hydrogen-bond acceptors (Lipinski definition) is 3. The van der Waals surface area contributed by atoms with Gasteiger partial charge < -0.3 is 14.8 Å². The third-order valence-corrected chi connectivity index (χ3v) is 13.7. The molecule has 4 fully saturated rings. The molecule has 0 aliphatic heterocycles. The van der Waals surface area contributed by atoms with Crippen molar-refractivity contribution in [2.75, 3.05) is 0 Å². The Morgan fingerprint density at radius 1 is 0.947 bits per heavy atom. The Balaban J connectivity index is 1.40. The summed E-state index contributed by atoms with van der Waals surface area (Å²) in [7, 11) is 0. The van der Waals surface area contributed by atoms with Gasteiger partial charge in [0.1, 0.15) is 0 Å². The predicted molar refractivity (Wildman–Crippen MR) is 152 cm³/mol. The third kappa shape index (κ3) is 3.47. The number of rotatable bonds is 2. The standard InChI is InChI=1S/C34H51NO3/c1-29(2)16-18-34(35-28(37)24-9-8-20-38-24)19-17-32(6)22(23(34)21-29)10-11-26-31(5)14-13-27(36)30(3,4)25(31)12-15-33(26,32)7/h8-10,20,23,25-27,36H,11-19,21H2,1-7H3,(H,35,37). The molecule has 5 aliphatic rings. The molecule has 4 heteroatoms. The van der Waals surface area contributed by atoms with Crippen molar-refractivity contribution in [2.45, 2.75) is 124 Å². The molecule has 0 bridgehead atoms. The summed E-state index contributed by atoms with van der Waals surface area (Å²) in [6.07, 6.45) is 15.2. The highest BCUT2D eigenvalue weighted by Crippen LogP contribution is 2.74. The van der Waals surface area contributed by atoms with Crippen LogP contribution in [0.15, 0.2) is 34.5 Å². The Bertz CT molecular complexity index is 1130. The van der Waals surface area contributed by atoms with E-state index in [9.17, 15) is 9.90 Å². The number of aliphatic hydroxyl groups is 1. The molecule has 38 heavy (non-hydrogen) atoms. The fraction of sp³-hybridized carbons (Fsp3) is 0.794. The second-order valence-electron chi connectivity index (χ2n) is 16.2. The van der Waals surface area contributed by atoms with Crippen molar-refractivity contribution >= 4 is 5.91 Å². The van der Waals surface area contributed by atoms with Gasteiger partial charge in [0.25, 0.3) is 5.91 Å². The summed E-state index contributed by atoms with van der Waals surface area (Å²) in [6.45, 7) is 17.3. The second-order valence-corrected chi connectivity index (χ2v) is 16.2. The van der Waals surface area contributed by atoms with Gasteiger partial charge in [-0.15, -0.1) is 0 Å². The van der Waals surface area contributed by atoms with E-state index < -0.39 is 0 Å². The molecular weight excluding hydrogens is 470 g/mol. The lowest BCUT2D eigenvalue weighted by Gasteiger charge is -2.71. The Hall–Kier alpha value is -1.55. The molecule has 4 saturated carbocycles. The largest absolute Gasteiger partial charge is 0.459 e. The topological polar surface area (TPSA) is 62.5 Å². The van der Waals surface area contributed by atoms with E-state index in [1.54, 1.807) is 24.0 Å². The van der Waals surface area contributed by atoms with Crippen LogP contribution in [0.25, 0.3) is 0 Å². The number of nitrogens with one attached hydrogen (secondary N) is 1. The van der Waals surface area contributed by atoms with Gasteiger partial charge in [0, 0.05) is 11.5 Å². The highest BCUT2D eigenvalue weighted by atomic mass is 16.3. The fourth-order valence-corrected chi connectivity index (χ4v) is 11.2. The van der Waals surface area contributed by atoms with E-state index in [-0.39, 0.29) is 44.6 Å². The summed E-state index contributed by atoms with van der Waals surface area (Å²) in [5.41, 5.74) is 2.34. The van der Waals surface area contributed by atoms with Gasteiger partial charge >= 0.3 is 0 Å². The Labute approximate surface area is 230 Å². The number of carbonyl (C=O) groups excluding carboxylic acids is 1. The second kappa shape index (κ2) is 8.24. The van der Waals surface area contributed by atoms with Crippen LogP contribution in [-0.2, 0) is 0 Å². The van der Waals surface area contributed by atoms with E-state index in [2.05, 4.69) is 59.9 Å². The summed E-state index contributed by atoms with van der Waals surface area (Å²) >= 11 is 0. The zero-order chi connectivity index (χ0) is 27.4. The van der Waals surface area contributed by atoms with Gasteiger partial charge in [0.2, 0.25) is 0 Å². The highest BCUT2D eigenvalue weighted by molar-refractivity contribution is 5.92. The highest BCUT2D eigenvalue weighted by Gasteiger charge is 2.68. The zero-order valence-electron chi connectivity index (χ0n) is 25.0. The van der Waals surface area contributed by atoms with Crippen LogP contribution in [-0.4, -0.2) is 22.7 Å². The molecule has 0 aromatic carbocycles. The smallest absolute Gasteiger partial charge is 0.287 e. The van der Waals surface area contributed by atoms with Crippen LogP contribution in [0.4, 0.5) is 0 Å². The minimum absolute atomic E-state index is 0.0233. The number of allylic oxidation sites excluding steroid dienone is 1. The Kier molecular flexibility index (Phi) is 5.78. The maximum absolute atomic E-state index is 13.4. The number of furan rings is 1. The first-order valence-electron chi connectivity index (χ1n) is 15.4. The van der Waals surface area contributed by atoms with Crippen molar-refractivity contribution < 1.29 is 14.3 Å². The molecule has 2 N–H and O–H groups in total. The summed E-state index contributed by atoms with van der Waals surface area (Å²) in [4.78, 5) is 13.4. The first-order chi connectivity index (χ1) is 17.7. The molecule has 0 spiro atoms. The van der Waals surface area contributed by atoms with Crippen LogP contribution < -0.4 is 5.32 Å². The molecule has 1 amide bonds. The van der Waals surface area contributed by atoms with E-state index in [4.69, 9.17) is 4.42 Å². The molecule has 4 nitrogen and oxygen atoms in total. The first kappa shape index (κ1) is 26.7. The van der Waals surface area contributed by atoms with Gasteiger partial charge in [-0.2, -0.15) is 0 Å². The molecular formula is C34H51NO3. The van der Waals surface area contributed by atoms with E-state index in [0.717, 1.165) is 51.4 Å². The van der Waals surface area contributed by atoms with Gasteiger partial charge in [-0.25, -0.2) is 0 Å². The van der Waals surface area contributed by atoms with E-state index in [1.807, 2.05) is 0 Å². The van der Waals surface area contributed by atoms with Crippen molar-refractivity contribution in [1.29, 1.82) is 0 Å². The molecule has 0 saturated heterocycles. The summed E-state index contributed by atoms with van der Waals surface area (Å²) in [5, 5.41) is 14.6. The van der Waals surface area contributed by atoms with Gasteiger partial charge in [0.05, 0.1) is 12.4 Å². The normalized spacial score (nSPS) is 47.0. The monoisotopic (exact) mass is 521 g/mol. The quantitative estimate of drug-likeness (QED) is 0.389. The number of carbonyl (C=O) groups is 1. The molecule has 8 unspecified atom stereocenters. The first-order valence-corrected chi connectivity index (χ1v) is 15.4. The minimum atomic E-state index is -0.189. The number of fused-ring (bicyclic) bond motifs is 7. The van der Waals surface area contributed by atoms with Gasteiger partial charge in [0.15, 0.2) is 5.76 Å². The van der Waals surface area contributed by atoms with Gasteiger partial charge in [-0.3, -0.25) is 4.79 Å². The lowest BCUT2D eigenvalue weighted by molar-refractivity contribution is -0.201. The fourth-order valence-electron chi connectivity index (χ4n) is 11.2. The maximum atomic E-state index is 13.4. The summed E-state index contributed by atoms with van der Waals surface area (Å²) in [5.74, 6) is 1.95. The Morgan fingerprint density at radius 3 is 2.39 bits per heavy atom. The summed E-state index contributed by atoms with van der Waals surface area (Å²) < 4.78 is 5.51.